The Bertz CT molecular complexity index is 801. The Morgan fingerprint density at radius 3 is 1.73 bits per heavy atom. The summed E-state index contributed by atoms with van der Waals surface area (Å²) < 4.78 is 0. The first-order valence-electron chi connectivity index (χ1n) is 10.8. The zero-order valence-corrected chi connectivity index (χ0v) is 17.6. The van der Waals surface area contributed by atoms with E-state index in [2.05, 4.69) is 79.3 Å². The lowest BCUT2D eigenvalue weighted by atomic mass is 9.98. The van der Waals surface area contributed by atoms with Crippen molar-refractivity contribution in [3.8, 4) is 0 Å². The highest BCUT2D eigenvalue weighted by Crippen LogP contribution is 2.13. The van der Waals surface area contributed by atoms with Crippen molar-refractivity contribution in [1.82, 2.24) is 10.6 Å². The van der Waals surface area contributed by atoms with Gasteiger partial charge in [-0.1, -0.05) is 42.5 Å². The Morgan fingerprint density at radius 1 is 0.667 bits per heavy atom. The van der Waals surface area contributed by atoms with Crippen LogP contribution in [0.25, 0.3) is 0 Å². The highest BCUT2D eigenvalue weighted by molar-refractivity contribution is 5.84. The summed E-state index contributed by atoms with van der Waals surface area (Å²) in [5.41, 5.74) is 3.40. The van der Waals surface area contributed by atoms with Crippen LogP contribution in [0.3, 0.4) is 0 Å². The molecule has 5 aliphatic rings. The summed E-state index contributed by atoms with van der Waals surface area (Å²) in [7, 11) is 0. The van der Waals surface area contributed by atoms with E-state index in [1.54, 1.807) is 0 Å². The number of benzene rings is 1. The number of nitrogens with one attached hydrogen (secondary N) is 2. The maximum atomic E-state index is 4.54. The normalized spacial score (nSPS) is 26.0. The molecular formula is C24H32N6. The van der Waals surface area contributed by atoms with Crippen LogP contribution < -0.4 is 10.6 Å². The molecule has 0 fully saturated rings. The zero-order chi connectivity index (χ0) is 20.7. The van der Waals surface area contributed by atoms with E-state index in [0.29, 0.717) is 5.92 Å². The summed E-state index contributed by atoms with van der Waals surface area (Å²) in [5.74, 6) is 0.388. The molecule has 4 bridgehead atoms. The average Bonchev–Trinajstić information content (AvgIpc) is 2.78. The van der Waals surface area contributed by atoms with Crippen molar-refractivity contribution in [2.45, 2.75) is 6.42 Å². The van der Waals surface area contributed by atoms with Crippen molar-refractivity contribution < 1.29 is 0 Å². The van der Waals surface area contributed by atoms with Gasteiger partial charge in [0.1, 0.15) is 0 Å². The summed E-state index contributed by atoms with van der Waals surface area (Å²) in [4.78, 5) is 18.0. The molecule has 158 valence electrons. The number of hydrogen-bond donors (Lipinski definition) is 2. The largest absolute Gasteiger partial charge is 0.313 e. The molecule has 4 aliphatic heterocycles. The molecule has 1 aliphatic carbocycles. The van der Waals surface area contributed by atoms with E-state index in [-0.39, 0.29) is 0 Å². The van der Waals surface area contributed by atoms with Gasteiger partial charge in [0.15, 0.2) is 0 Å². The second-order valence-corrected chi connectivity index (χ2v) is 7.29. The van der Waals surface area contributed by atoms with Gasteiger partial charge in [-0.25, -0.2) is 0 Å². The van der Waals surface area contributed by atoms with Crippen LogP contribution in [0, 0.1) is 5.92 Å². The molecule has 0 saturated carbocycles. The Kier molecular flexibility index (Phi) is 9.91. The van der Waals surface area contributed by atoms with Crippen molar-refractivity contribution in [1.29, 1.82) is 0 Å². The van der Waals surface area contributed by atoms with E-state index in [4.69, 9.17) is 0 Å². The average molecular weight is 405 g/mol. The van der Waals surface area contributed by atoms with E-state index >= 15 is 0 Å². The van der Waals surface area contributed by atoms with Crippen LogP contribution in [0.4, 0.5) is 0 Å². The fourth-order valence-electron chi connectivity index (χ4n) is 3.07. The molecule has 1 aromatic rings. The molecule has 0 radical (unpaired) electrons. The summed E-state index contributed by atoms with van der Waals surface area (Å²) in [6.07, 6.45) is 15.4. The highest BCUT2D eigenvalue weighted by atomic mass is 14.9. The summed E-state index contributed by atoms with van der Waals surface area (Å²) >= 11 is 0. The summed E-state index contributed by atoms with van der Waals surface area (Å²) in [5, 5.41) is 6.76. The van der Waals surface area contributed by atoms with E-state index in [9.17, 15) is 0 Å². The van der Waals surface area contributed by atoms with E-state index in [1.165, 1.54) is 5.57 Å². The van der Waals surface area contributed by atoms with Crippen molar-refractivity contribution in [2.75, 3.05) is 52.4 Å². The predicted octanol–water partition coefficient (Wildman–Crippen LogP) is 2.36. The smallest absolute Gasteiger partial charge is 0.0514 e. The molecule has 0 amide bonds. The third-order valence-corrected chi connectivity index (χ3v) is 4.79. The maximum Gasteiger partial charge on any atom is 0.0514 e. The van der Waals surface area contributed by atoms with Crippen LogP contribution in [0.5, 0.6) is 0 Å². The van der Waals surface area contributed by atoms with Crippen LogP contribution in [0.15, 0.2) is 68.0 Å². The monoisotopic (exact) mass is 404 g/mol. The number of aliphatic imine (C=N–C) groups is 4. The van der Waals surface area contributed by atoms with Crippen LogP contribution in [0.2, 0.25) is 0 Å². The van der Waals surface area contributed by atoms with Crippen LogP contribution in [-0.2, 0) is 0 Å². The lowest BCUT2D eigenvalue weighted by Crippen LogP contribution is -2.21. The van der Waals surface area contributed by atoms with Crippen molar-refractivity contribution >= 4 is 24.9 Å². The molecule has 6 nitrogen and oxygen atoms in total. The molecule has 0 aromatic heterocycles. The van der Waals surface area contributed by atoms with Gasteiger partial charge in [0.25, 0.3) is 0 Å². The molecule has 1 unspecified atom stereocenters. The molecular weight excluding hydrogens is 372 g/mol. The van der Waals surface area contributed by atoms with E-state index in [1.807, 2.05) is 18.6 Å². The van der Waals surface area contributed by atoms with E-state index < -0.39 is 0 Å². The first-order valence-corrected chi connectivity index (χ1v) is 10.8. The van der Waals surface area contributed by atoms with Gasteiger partial charge < -0.3 is 10.6 Å². The topological polar surface area (TPSA) is 73.5 Å². The minimum Gasteiger partial charge on any atom is -0.313 e. The van der Waals surface area contributed by atoms with Gasteiger partial charge in [-0.2, -0.15) is 0 Å². The molecule has 4 heterocycles. The number of nitrogens with zero attached hydrogens (tertiary/aromatic N) is 4. The highest BCUT2D eigenvalue weighted by Gasteiger charge is 2.04. The molecule has 2 N–H and O–H groups in total. The quantitative estimate of drug-likeness (QED) is 0.697. The molecule has 30 heavy (non-hydrogen) atoms. The van der Waals surface area contributed by atoms with Crippen LogP contribution >= 0.6 is 0 Å². The number of rotatable bonds is 0. The molecule has 6 rings (SSSR count). The number of hydrogen-bond acceptors (Lipinski definition) is 6. The predicted molar refractivity (Wildman–Crippen MR) is 129 cm³/mol. The fourth-order valence-corrected chi connectivity index (χ4v) is 3.07. The SMILES string of the molecule is C1=CC2/C=N/CCNCC/N=C/c3ccc(cc3)/C=N/CCNCC/N=C/C1=CC2. The van der Waals surface area contributed by atoms with E-state index in [0.717, 1.165) is 69.9 Å². The van der Waals surface area contributed by atoms with Gasteiger partial charge in [0.05, 0.1) is 26.2 Å². The number of allylic oxidation sites excluding steroid dienone is 4. The summed E-state index contributed by atoms with van der Waals surface area (Å²) in [6.45, 7) is 6.54. The maximum absolute atomic E-state index is 4.54. The second-order valence-electron chi connectivity index (χ2n) is 7.29. The van der Waals surface area contributed by atoms with Crippen molar-refractivity contribution in [3.63, 3.8) is 0 Å². The Balaban J connectivity index is 1.51. The minimum atomic E-state index is 0.388. The molecule has 1 aromatic carbocycles. The molecule has 1 atom stereocenters. The standard InChI is InChI=1S/C24H32N6/c1-2-22-4-3-21(1)17-27-13-9-25-11-15-29-19-23-5-7-24(8-6-23)20-30-16-12-26-10-14-28-18-22/h1-7,17-20,24-26H,8-16H2/b27-17+,28-18+,29-19+,30-20+. The van der Waals surface area contributed by atoms with Gasteiger partial charge in [0.2, 0.25) is 0 Å². The van der Waals surface area contributed by atoms with Gasteiger partial charge in [-0.05, 0) is 23.1 Å². The zero-order valence-electron chi connectivity index (χ0n) is 17.6. The van der Waals surface area contributed by atoms with Crippen molar-refractivity contribution in [3.05, 3.63) is 59.2 Å². The van der Waals surface area contributed by atoms with Crippen molar-refractivity contribution in [2.24, 2.45) is 25.9 Å². The van der Waals surface area contributed by atoms with Crippen LogP contribution in [-0.4, -0.2) is 77.2 Å². The minimum absolute atomic E-state index is 0.388. The first-order chi connectivity index (χ1) is 14.9. The Hall–Kier alpha value is -2.70. The van der Waals surface area contributed by atoms with Gasteiger partial charge >= 0.3 is 0 Å². The summed E-state index contributed by atoms with van der Waals surface area (Å²) in [6, 6.07) is 8.30. The van der Waals surface area contributed by atoms with Crippen LogP contribution in [0.1, 0.15) is 17.5 Å². The lowest BCUT2D eigenvalue weighted by Gasteiger charge is -2.09. The van der Waals surface area contributed by atoms with Gasteiger partial charge in [0, 0.05) is 57.0 Å². The fraction of sp³-hybridized carbons (Fsp3) is 0.417. The van der Waals surface area contributed by atoms with Gasteiger partial charge in [-0.15, -0.1) is 0 Å². The molecule has 0 saturated heterocycles. The Morgan fingerprint density at radius 2 is 1.20 bits per heavy atom. The molecule has 6 heteroatoms. The lowest BCUT2D eigenvalue weighted by molar-refractivity contribution is 0.697. The second kappa shape index (κ2) is 13.5. The Labute approximate surface area is 179 Å². The third kappa shape index (κ3) is 8.76. The third-order valence-electron chi connectivity index (χ3n) is 4.79. The van der Waals surface area contributed by atoms with Gasteiger partial charge in [-0.3, -0.25) is 20.0 Å². The molecule has 0 spiro atoms. The first kappa shape index (κ1) is 22.0.